The minimum atomic E-state index is 0.223. The highest BCUT2D eigenvalue weighted by molar-refractivity contribution is 9.11. The Morgan fingerprint density at radius 1 is 1.24 bits per heavy atom. The summed E-state index contributed by atoms with van der Waals surface area (Å²) in [6.45, 7) is 5.25. The zero-order valence-electron chi connectivity index (χ0n) is 12.2. The molecule has 0 aliphatic heterocycles. The van der Waals surface area contributed by atoms with E-state index in [9.17, 15) is 0 Å². The summed E-state index contributed by atoms with van der Waals surface area (Å²) in [5, 5.41) is 4.77. The molecule has 1 unspecified atom stereocenters. The maximum absolute atomic E-state index is 6.00. The normalized spacial score (nSPS) is 12.9. The summed E-state index contributed by atoms with van der Waals surface area (Å²) in [7, 11) is 0. The van der Waals surface area contributed by atoms with Gasteiger partial charge < -0.3 is 9.73 Å². The lowest BCUT2D eigenvalue weighted by atomic mass is 10.1. The van der Waals surface area contributed by atoms with Gasteiger partial charge in [0.15, 0.2) is 0 Å². The first kappa shape index (κ1) is 14.8. The largest absolute Gasteiger partial charge is 0.459 e. The van der Waals surface area contributed by atoms with Gasteiger partial charge in [0.05, 0.1) is 9.83 Å². The zero-order valence-corrected chi connectivity index (χ0v) is 14.6. The van der Waals surface area contributed by atoms with Crippen molar-refractivity contribution in [1.82, 2.24) is 5.32 Å². The Morgan fingerprint density at radius 2 is 2.05 bits per heavy atom. The topological polar surface area (TPSA) is 25.2 Å². The molecule has 0 saturated carbocycles. The summed E-state index contributed by atoms with van der Waals surface area (Å²) in [4.78, 5) is 1.39. The third-order valence-corrected chi connectivity index (χ3v) is 5.41. The van der Waals surface area contributed by atoms with Crippen molar-refractivity contribution in [3.05, 3.63) is 56.4 Å². The van der Waals surface area contributed by atoms with Crippen LogP contribution in [-0.2, 0) is 6.42 Å². The van der Waals surface area contributed by atoms with E-state index in [0.29, 0.717) is 0 Å². The van der Waals surface area contributed by atoms with E-state index in [2.05, 4.69) is 59.4 Å². The highest BCUT2D eigenvalue weighted by Crippen LogP contribution is 2.29. The van der Waals surface area contributed by atoms with Gasteiger partial charge in [0.2, 0.25) is 0 Å². The van der Waals surface area contributed by atoms with Gasteiger partial charge in [0.25, 0.3) is 0 Å². The number of thiophene rings is 1. The fourth-order valence-corrected chi connectivity index (χ4v) is 4.08. The van der Waals surface area contributed by atoms with Crippen LogP contribution in [0.5, 0.6) is 0 Å². The highest BCUT2D eigenvalue weighted by atomic mass is 79.9. The highest BCUT2D eigenvalue weighted by Gasteiger charge is 2.15. The molecule has 1 atom stereocenters. The van der Waals surface area contributed by atoms with E-state index in [1.807, 2.05) is 12.1 Å². The smallest absolute Gasteiger partial charge is 0.134 e. The molecule has 0 bridgehead atoms. The zero-order chi connectivity index (χ0) is 14.8. The van der Waals surface area contributed by atoms with Crippen LogP contribution in [0.25, 0.3) is 11.0 Å². The molecule has 3 rings (SSSR count). The fraction of sp³-hybridized carbons (Fsp3) is 0.294. The van der Waals surface area contributed by atoms with Gasteiger partial charge in [-0.05, 0) is 60.0 Å². The Bertz CT molecular complexity index is 746. The lowest BCUT2D eigenvalue weighted by Gasteiger charge is -2.11. The molecule has 0 aliphatic carbocycles. The van der Waals surface area contributed by atoms with Gasteiger partial charge in [0, 0.05) is 16.8 Å². The molecule has 110 valence electrons. The molecule has 1 aromatic carbocycles. The number of rotatable bonds is 5. The predicted octanol–water partition coefficient (Wildman–Crippen LogP) is 5.46. The Hall–Kier alpha value is -1.10. The van der Waals surface area contributed by atoms with Crippen LogP contribution in [0.4, 0.5) is 0 Å². The van der Waals surface area contributed by atoms with Crippen molar-refractivity contribution in [1.29, 1.82) is 0 Å². The summed E-state index contributed by atoms with van der Waals surface area (Å²) >= 11 is 5.30. The lowest BCUT2D eigenvalue weighted by Crippen LogP contribution is -2.21. The summed E-state index contributed by atoms with van der Waals surface area (Å²) in [5.41, 5.74) is 2.21. The number of nitrogens with one attached hydrogen (secondary N) is 1. The van der Waals surface area contributed by atoms with Crippen molar-refractivity contribution >= 4 is 38.2 Å². The average molecular weight is 364 g/mol. The number of benzene rings is 1. The number of para-hydroxylation sites is 1. The van der Waals surface area contributed by atoms with Crippen molar-refractivity contribution in [3.63, 3.8) is 0 Å². The number of aryl methyl sites for hydroxylation is 1. The van der Waals surface area contributed by atoms with Crippen LogP contribution in [0.2, 0.25) is 0 Å². The minimum Gasteiger partial charge on any atom is -0.459 e. The number of fused-ring (bicyclic) bond motifs is 1. The van der Waals surface area contributed by atoms with Crippen molar-refractivity contribution in [2.45, 2.75) is 26.3 Å². The van der Waals surface area contributed by atoms with Crippen molar-refractivity contribution in [2.75, 3.05) is 6.54 Å². The summed E-state index contributed by atoms with van der Waals surface area (Å²) < 4.78 is 7.19. The molecule has 0 amide bonds. The van der Waals surface area contributed by atoms with Gasteiger partial charge in [-0.2, -0.15) is 0 Å². The average Bonchev–Trinajstić information content (AvgIpc) is 3.03. The third kappa shape index (κ3) is 3.23. The molecular formula is C17H18BrNOS. The van der Waals surface area contributed by atoms with Crippen LogP contribution in [0, 0.1) is 6.92 Å². The van der Waals surface area contributed by atoms with E-state index in [1.165, 1.54) is 19.6 Å². The summed E-state index contributed by atoms with van der Waals surface area (Å²) in [5.74, 6) is 1.04. The standard InChI is InChI=1S/C17H18BrNOS/c1-11-14-5-3-4-6-15(14)20-17(11)12(2)19-10-9-13-7-8-16(18)21-13/h3-8,12,19H,9-10H2,1-2H3. The van der Waals surface area contributed by atoms with Gasteiger partial charge in [-0.25, -0.2) is 0 Å². The van der Waals surface area contributed by atoms with Crippen LogP contribution in [-0.4, -0.2) is 6.54 Å². The van der Waals surface area contributed by atoms with Crippen LogP contribution in [0.15, 0.2) is 44.6 Å². The van der Waals surface area contributed by atoms with Gasteiger partial charge in [0.1, 0.15) is 11.3 Å². The van der Waals surface area contributed by atoms with Gasteiger partial charge in [-0.3, -0.25) is 0 Å². The predicted molar refractivity (Wildman–Crippen MR) is 93.1 cm³/mol. The Kier molecular flexibility index (Phi) is 4.48. The SMILES string of the molecule is Cc1c(C(C)NCCc2ccc(Br)s2)oc2ccccc12. The molecule has 0 radical (unpaired) electrons. The van der Waals surface area contributed by atoms with Crippen molar-refractivity contribution in [3.8, 4) is 0 Å². The van der Waals surface area contributed by atoms with E-state index in [4.69, 9.17) is 4.42 Å². The van der Waals surface area contributed by atoms with E-state index >= 15 is 0 Å². The van der Waals surface area contributed by atoms with Crippen LogP contribution in [0.1, 0.15) is 29.2 Å². The van der Waals surface area contributed by atoms with Crippen molar-refractivity contribution < 1.29 is 4.42 Å². The molecule has 0 saturated heterocycles. The molecule has 0 aliphatic rings. The van der Waals surface area contributed by atoms with Gasteiger partial charge in [-0.1, -0.05) is 18.2 Å². The first-order valence-corrected chi connectivity index (χ1v) is 8.71. The lowest BCUT2D eigenvalue weighted by molar-refractivity contribution is 0.451. The molecule has 21 heavy (non-hydrogen) atoms. The Morgan fingerprint density at radius 3 is 2.76 bits per heavy atom. The number of hydrogen-bond donors (Lipinski definition) is 1. The molecule has 2 aromatic heterocycles. The maximum atomic E-state index is 6.00. The second-order valence-electron chi connectivity index (χ2n) is 5.22. The molecule has 0 spiro atoms. The molecule has 4 heteroatoms. The Labute approximate surface area is 137 Å². The number of furan rings is 1. The maximum Gasteiger partial charge on any atom is 0.134 e. The second-order valence-corrected chi connectivity index (χ2v) is 7.77. The molecule has 0 fully saturated rings. The molecule has 1 N–H and O–H groups in total. The first-order valence-electron chi connectivity index (χ1n) is 7.11. The van der Waals surface area contributed by atoms with Crippen LogP contribution < -0.4 is 5.32 Å². The van der Waals surface area contributed by atoms with Gasteiger partial charge >= 0.3 is 0 Å². The Balaban J connectivity index is 1.66. The van der Waals surface area contributed by atoms with Crippen LogP contribution in [0.3, 0.4) is 0 Å². The number of hydrogen-bond acceptors (Lipinski definition) is 3. The molecule has 2 nitrogen and oxygen atoms in total. The minimum absolute atomic E-state index is 0.223. The molecule has 3 aromatic rings. The van der Waals surface area contributed by atoms with E-state index in [0.717, 1.165) is 24.3 Å². The van der Waals surface area contributed by atoms with Crippen LogP contribution >= 0.6 is 27.3 Å². The van der Waals surface area contributed by atoms with Crippen molar-refractivity contribution in [2.24, 2.45) is 0 Å². The third-order valence-electron chi connectivity index (χ3n) is 3.72. The number of halogens is 1. The monoisotopic (exact) mass is 363 g/mol. The fourth-order valence-electron chi connectivity index (χ4n) is 2.60. The molecule has 2 heterocycles. The van der Waals surface area contributed by atoms with E-state index in [1.54, 1.807) is 11.3 Å². The van der Waals surface area contributed by atoms with Gasteiger partial charge in [-0.15, -0.1) is 11.3 Å². The first-order chi connectivity index (χ1) is 10.1. The van der Waals surface area contributed by atoms with E-state index in [-0.39, 0.29) is 6.04 Å². The summed E-state index contributed by atoms with van der Waals surface area (Å²) in [6, 6.07) is 12.7. The second kappa shape index (κ2) is 6.34. The molecular weight excluding hydrogens is 346 g/mol. The quantitative estimate of drug-likeness (QED) is 0.650. The van der Waals surface area contributed by atoms with E-state index < -0.39 is 0 Å². The summed E-state index contributed by atoms with van der Waals surface area (Å²) in [6.07, 6.45) is 1.04.